The molecule has 0 N–H and O–H groups in total. The summed E-state index contributed by atoms with van der Waals surface area (Å²) in [6.07, 6.45) is 5.84. The third kappa shape index (κ3) is 1.82. The highest BCUT2D eigenvalue weighted by Crippen LogP contribution is 2.44. The second-order valence-electron chi connectivity index (χ2n) is 4.92. The minimum Gasteiger partial charge on any atom is -0.300 e. The summed E-state index contributed by atoms with van der Waals surface area (Å²) in [5.41, 5.74) is 0. The van der Waals surface area contributed by atoms with E-state index < -0.39 is 0 Å². The molecule has 2 atom stereocenters. The third-order valence-electron chi connectivity index (χ3n) is 3.37. The van der Waals surface area contributed by atoms with E-state index in [1.165, 1.54) is 38.8 Å². The van der Waals surface area contributed by atoms with Crippen LogP contribution >= 0.6 is 0 Å². The molecule has 1 aliphatic heterocycles. The number of piperidine rings is 1. The molecule has 0 radical (unpaired) electrons. The topological polar surface area (TPSA) is 3.24 Å². The van der Waals surface area contributed by atoms with Crippen molar-refractivity contribution in [1.82, 2.24) is 4.90 Å². The summed E-state index contributed by atoms with van der Waals surface area (Å²) in [5, 5.41) is 0. The van der Waals surface area contributed by atoms with E-state index in [4.69, 9.17) is 0 Å². The van der Waals surface area contributed by atoms with Crippen molar-refractivity contribution in [2.75, 3.05) is 13.1 Å². The van der Waals surface area contributed by atoms with Gasteiger partial charge in [0.1, 0.15) is 0 Å². The molecule has 12 heavy (non-hydrogen) atoms. The van der Waals surface area contributed by atoms with E-state index in [9.17, 15) is 0 Å². The first-order valence-corrected chi connectivity index (χ1v) is 5.51. The normalized spacial score (nSPS) is 34.2. The van der Waals surface area contributed by atoms with E-state index in [2.05, 4.69) is 18.7 Å². The molecule has 1 heterocycles. The molecule has 0 spiro atoms. The van der Waals surface area contributed by atoms with Crippen LogP contribution in [-0.2, 0) is 0 Å². The molecule has 2 unspecified atom stereocenters. The van der Waals surface area contributed by atoms with Gasteiger partial charge in [0, 0.05) is 6.04 Å². The predicted molar refractivity (Wildman–Crippen MR) is 52.2 cm³/mol. The van der Waals surface area contributed by atoms with E-state index in [-0.39, 0.29) is 0 Å². The minimum atomic E-state index is 0.891. The number of hydrogen-bond donors (Lipinski definition) is 0. The lowest BCUT2D eigenvalue weighted by Crippen LogP contribution is -2.24. The van der Waals surface area contributed by atoms with Crippen molar-refractivity contribution in [3.63, 3.8) is 0 Å². The van der Waals surface area contributed by atoms with Gasteiger partial charge in [0.25, 0.3) is 0 Å². The molecule has 2 fully saturated rings. The first-order chi connectivity index (χ1) is 5.77. The fraction of sp³-hybridized carbons (Fsp3) is 1.00. The van der Waals surface area contributed by atoms with Gasteiger partial charge >= 0.3 is 0 Å². The van der Waals surface area contributed by atoms with Gasteiger partial charge in [-0.15, -0.1) is 0 Å². The van der Waals surface area contributed by atoms with Crippen LogP contribution in [0, 0.1) is 11.8 Å². The van der Waals surface area contributed by atoms with E-state index in [1.54, 1.807) is 0 Å². The maximum absolute atomic E-state index is 2.72. The Morgan fingerprint density at radius 2 is 2.25 bits per heavy atom. The summed E-state index contributed by atoms with van der Waals surface area (Å²) in [5.74, 6) is 2.01. The SMILES string of the molecule is CC(C)CCCN1CCC2CC21. The van der Waals surface area contributed by atoms with Crippen LogP contribution in [0.1, 0.15) is 39.5 Å². The molecular weight excluding hydrogens is 146 g/mol. The van der Waals surface area contributed by atoms with Crippen LogP contribution in [0.25, 0.3) is 0 Å². The summed E-state index contributed by atoms with van der Waals surface area (Å²) in [6.45, 7) is 7.42. The van der Waals surface area contributed by atoms with Crippen LogP contribution in [0.15, 0.2) is 0 Å². The number of fused-ring (bicyclic) bond motifs is 1. The molecule has 0 aromatic rings. The van der Waals surface area contributed by atoms with Gasteiger partial charge < -0.3 is 4.90 Å². The fourth-order valence-electron chi connectivity index (χ4n) is 2.47. The Morgan fingerprint density at radius 3 is 2.75 bits per heavy atom. The van der Waals surface area contributed by atoms with Crippen LogP contribution in [0.2, 0.25) is 0 Å². The molecular formula is C11H21N. The Balaban J connectivity index is 1.60. The highest BCUT2D eigenvalue weighted by Gasteiger charge is 2.45. The molecule has 1 nitrogen and oxygen atoms in total. The zero-order valence-electron chi connectivity index (χ0n) is 8.42. The predicted octanol–water partition coefficient (Wildman–Crippen LogP) is 2.52. The zero-order valence-corrected chi connectivity index (χ0v) is 8.42. The van der Waals surface area contributed by atoms with Crippen molar-refractivity contribution in [3.8, 4) is 0 Å². The molecule has 0 aromatic carbocycles. The van der Waals surface area contributed by atoms with E-state index in [0.29, 0.717) is 0 Å². The Morgan fingerprint density at radius 1 is 1.42 bits per heavy atom. The zero-order chi connectivity index (χ0) is 8.55. The molecule has 1 heteroatoms. The standard InChI is InChI=1S/C11H21N/c1-9(2)4-3-6-12-7-5-10-8-11(10)12/h9-11H,3-8H2,1-2H3. The average molecular weight is 167 g/mol. The summed E-state index contributed by atoms with van der Waals surface area (Å²) >= 11 is 0. The molecule has 2 aliphatic rings. The second-order valence-corrected chi connectivity index (χ2v) is 4.92. The van der Waals surface area contributed by atoms with Gasteiger partial charge in [-0.25, -0.2) is 0 Å². The molecule has 1 saturated carbocycles. The van der Waals surface area contributed by atoms with Crippen molar-refractivity contribution in [3.05, 3.63) is 0 Å². The van der Waals surface area contributed by atoms with E-state index >= 15 is 0 Å². The minimum absolute atomic E-state index is 0.891. The molecule has 0 bridgehead atoms. The summed E-state index contributed by atoms with van der Waals surface area (Å²) in [6, 6.07) is 1.03. The Hall–Kier alpha value is -0.0400. The molecule has 1 aliphatic carbocycles. The van der Waals surface area contributed by atoms with Crippen LogP contribution in [0.4, 0.5) is 0 Å². The number of hydrogen-bond acceptors (Lipinski definition) is 1. The molecule has 0 amide bonds. The van der Waals surface area contributed by atoms with Crippen molar-refractivity contribution < 1.29 is 0 Å². The third-order valence-corrected chi connectivity index (χ3v) is 3.37. The van der Waals surface area contributed by atoms with Gasteiger partial charge in [-0.1, -0.05) is 13.8 Å². The second kappa shape index (κ2) is 3.37. The molecule has 2 rings (SSSR count). The van der Waals surface area contributed by atoms with Crippen LogP contribution in [-0.4, -0.2) is 24.0 Å². The van der Waals surface area contributed by atoms with Gasteiger partial charge in [-0.2, -0.15) is 0 Å². The van der Waals surface area contributed by atoms with E-state index in [0.717, 1.165) is 17.9 Å². The van der Waals surface area contributed by atoms with Gasteiger partial charge in [0.2, 0.25) is 0 Å². The monoisotopic (exact) mass is 167 g/mol. The highest BCUT2D eigenvalue weighted by atomic mass is 15.2. The lowest BCUT2D eigenvalue weighted by atomic mass is 10.1. The van der Waals surface area contributed by atoms with Gasteiger partial charge in [-0.3, -0.25) is 0 Å². The smallest absolute Gasteiger partial charge is 0.0128 e. The Bertz CT molecular complexity index is 153. The summed E-state index contributed by atoms with van der Waals surface area (Å²) < 4.78 is 0. The number of likely N-dealkylation sites (tertiary alicyclic amines) is 1. The molecule has 70 valence electrons. The Labute approximate surface area is 76.1 Å². The van der Waals surface area contributed by atoms with E-state index in [1.807, 2.05) is 0 Å². The van der Waals surface area contributed by atoms with Gasteiger partial charge in [0.15, 0.2) is 0 Å². The summed E-state index contributed by atoms with van der Waals surface area (Å²) in [7, 11) is 0. The van der Waals surface area contributed by atoms with Crippen molar-refractivity contribution >= 4 is 0 Å². The summed E-state index contributed by atoms with van der Waals surface area (Å²) in [4.78, 5) is 2.72. The molecule has 1 saturated heterocycles. The van der Waals surface area contributed by atoms with Crippen molar-refractivity contribution in [1.29, 1.82) is 0 Å². The van der Waals surface area contributed by atoms with Crippen molar-refractivity contribution in [2.45, 2.75) is 45.6 Å². The Kier molecular flexibility index (Phi) is 2.40. The number of nitrogens with zero attached hydrogens (tertiary/aromatic N) is 1. The van der Waals surface area contributed by atoms with Gasteiger partial charge in [0.05, 0.1) is 0 Å². The van der Waals surface area contributed by atoms with Crippen molar-refractivity contribution in [2.24, 2.45) is 11.8 Å². The maximum atomic E-state index is 2.72. The highest BCUT2D eigenvalue weighted by molar-refractivity contribution is 5.00. The first kappa shape index (κ1) is 8.55. The largest absolute Gasteiger partial charge is 0.300 e. The maximum Gasteiger partial charge on any atom is 0.0128 e. The molecule has 0 aromatic heterocycles. The lowest BCUT2D eigenvalue weighted by Gasteiger charge is -2.17. The van der Waals surface area contributed by atoms with Crippen LogP contribution in [0.5, 0.6) is 0 Å². The number of rotatable bonds is 4. The van der Waals surface area contributed by atoms with Gasteiger partial charge in [-0.05, 0) is 50.6 Å². The lowest BCUT2D eigenvalue weighted by molar-refractivity contribution is 0.286. The van der Waals surface area contributed by atoms with Crippen LogP contribution < -0.4 is 0 Å². The quantitative estimate of drug-likeness (QED) is 0.622. The van der Waals surface area contributed by atoms with Crippen LogP contribution in [0.3, 0.4) is 0 Å². The fourth-order valence-corrected chi connectivity index (χ4v) is 2.47. The first-order valence-electron chi connectivity index (χ1n) is 5.51. The average Bonchev–Trinajstić information content (AvgIpc) is 2.68.